The minimum atomic E-state index is -4.37. The van der Waals surface area contributed by atoms with Crippen LogP contribution in [0.3, 0.4) is 0 Å². The average molecular weight is 913 g/mol. The summed E-state index contributed by atoms with van der Waals surface area (Å²) in [5.74, 6) is -0.786. The Bertz CT molecular complexity index is 1120. The topological polar surface area (TPSA) is 108 Å². The number of hydrogen-bond donors (Lipinski definition) is 1. The van der Waals surface area contributed by atoms with Crippen LogP contribution in [0.2, 0.25) is 0 Å². The third-order valence-corrected chi connectivity index (χ3v) is 12.7. The van der Waals surface area contributed by atoms with Gasteiger partial charge in [-0.3, -0.25) is 18.6 Å². The van der Waals surface area contributed by atoms with E-state index in [2.05, 4.69) is 38.2 Å². The van der Waals surface area contributed by atoms with E-state index in [4.69, 9.17) is 18.5 Å². The predicted octanol–water partition coefficient (Wildman–Crippen LogP) is 15.9. The van der Waals surface area contributed by atoms with Gasteiger partial charge in [0, 0.05) is 12.8 Å². The highest BCUT2D eigenvalue weighted by atomic mass is 31.2. The smallest absolute Gasteiger partial charge is 0.462 e. The molecule has 0 aromatic heterocycles. The van der Waals surface area contributed by atoms with Crippen LogP contribution >= 0.6 is 7.82 Å². The highest BCUT2D eigenvalue weighted by Gasteiger charge is 2.27. The average Bonchev–Trinajstić information content (AvgIpc) is 3.24. The molecule has 0 fully saturated rings. The SMILES string of the molecule is CCCCCCC/C=C\C/C=C\CCCCCCCCCCCCCCCCCC(=O)OC(COC(=O)CCCCCCCCCCCCCC)COP(=O)(O)OCC[N+](C)(C)C. The Kier molecular flexibility index (Phi) is 44.5. The van der Waals surface area contributed by atoms with Crippen LogP contribution in [0, 0.1) is 0 Å². The molecule has 0 radical (unpaired) electrons. The minimum Gasteiger partial charge on any atom is -0.462 e. The number of esters is 2. The van der Waals surface area contributed by atoms with Gasteiger partial charge in [-0.1, -0.05) is 218 Å². The second kappa shape index (κ2) is 45.6. The lowest BCUT2D eigenvalue weighted by molar-refractivity contribution is -0.870. The maximum Gasteiger partial charge on any atom is 0.472 e. The Morgan fingerprint density at radius 3 is 1.25 bits per heavy atom. The van der Waals surface area contributed by atoms with Crippen LogP contribution in [0.1, 0.15) is 251 Å². The fourth-order valence-electron chi connectivity index (χ4n) is 7.58. The van der Waals surface area contributed by atoms with Gasteiger partial charge < -0.3 is 18.9 Å². The molecular weight excluding hydrogens is 810 g/mol. The molecular formula is C53H103NO8P+. The molecule has 0 bridgehead atoms. The molecule has 9 nitrogen and oxygen atoms in total. The molecule has 0 saturated carbocycles. The van der Waals surface area contributed by atoms with Crippen molar-refractivity contribution in [2.75, 3.05) is 47.5 Å². The molecule has 0 aliphatic rings. The third-order valence-electron chi connectivity index (χ3n) is 11.7. The van der Waals surface area contributed by atoms with Crippen molar-refractivity contribution < 1.29 is 42.1 Å². The molecule has 0 heterocycles. The van der Waals surface area contributed by atoms with Gasteiger partial charge in [-0.2, -0.15) is 0 Å². The number of rotatable bonds is 49. The van der Waals surface area contributed by atoms with Crippen molar-refractivity contribution in [3.63, 3.8) is 0 Å². The van der Waals surface area contributed by atoms with Crippen LogP contribution in [0.5, 0.6) is 0 Å². The van der Waals surface area contributed by atoms with E-state index in [9.17, 15) is 19.0 Å². The van der Waals surface area contributed by atoms with Gasteiger partial charge in [-0.25, -0.2) is 4.57 Å². The fraction of sp³-hybridized carbons (Fsp3) is 0.887. The number of ether oxygens (including phenoxy) is 2. The summed E-state index contributed by atoms with van der Waals surface area (Å²) in [5, 5.41) is 0. The van der Waals surface area contributed by atoms with Crippen LogP contribution in [-0.4, -0.2) is 74.9 Å². The van der Waals surface area contributed by atoms with E-state index in [1.165, 1.54) is 180 Å². The summed E-state index contributed by atoms with van der Waals surface area (Å²) in [6.45, 7) is 4.45. The van der Waals surface area contributed by atoms with Crippen molar-refractivity contribution in [3.8, 4) is 0 Å². The largest absolute Gasteiger partial charge is 0.472 e. The van der Waals surface area contributed by atoms with Crippen LogP contribution in [0.15, 0.2) is 24.3 Å². The van der Waals surface area contributed by atoms with Crippen molar-refractivity contribution in [1.29, 1.82) is 0 Å². The molecule has 0 rings (SSSR count). The summed E-state index contributed by atoms with van der Waals surface area (Å²) in [6, 6.07) is 0. The monoisotopic (exact) mass is 913 g/mol. The first-order valence-electron chi connectivity index (χ1n) is 26.6. The number of carbonyl (C=O) groups excluding carboxylic acids is 2. The summed E-state index contributed by atoms with van der Waals surface area (Å²) < 4.78 is 34.4. The molecule has 0 saturated heterocycles. The van der Waals surface area contributed by atoms with Gasteiger partial charge in [0.1, 0.15) is 19.8 Å². The number of likely N-dealkylation sites (N-methyl/N-ethyl adjacent to an activating group) is 1. The lowest BCUT2D eigenvalue weighted by Crippen LogP contribution is -2.37. The molecule has 63 heavy (non-hydrogen) atoms. The Morgan fingerprint density at radius 2 is 0.857 bits per heavy atom. The molecule has 372 valence electrons. The predicted molar refractivity (Wildman–Crippen MR) is 266 cm³/mol. The molecule has 0 aromatic carbocycles. The highest BCUT2D eigenvalue weighted by Crippen LogP contribution is 2.43. The minimum absolute atomic E-state index is 0.0345. The Labute approximate surface area is 389 Å². The van der Waals surface area contributed by atoms with Crippen molar-refractivity contribution in [2.24, 2.45) is 0 Å². The first kappa shape index (κ1) is 61.5. The van der Waals surface area contributed by atoms with E-state index in [0.717, 1.165) is 38.5 Å². The number of carbonyl (C=O) groups is 2. The van der Waals surface area contributed by atoms with E-state index >= 15 is 0 Å². The zero-order chi connectivity index (χ0) is 46.4. The molecule has 0 aromatic rings. The number of phosphoric acid groups is 1. The first-order valence-corrected chi connectivity index (χ1v) is 28.1. The van der Waals surface area contributed by atoms with Gasteiger partial charge in [0.2, 0.25) is 0 Å². The van der Waals surface area contributed by atoms with E-state index in [0.29, 0.717) is 23.9 Å². The van der Waals surface area contributed by atoms with Crippen LogP contribution < -0.4 is 0 Å². The van der Waals surface area contributed by atoms with Crippen molar-refractivity contribution >= 4 is 19.8 Å². The van der Waals surface area contributed by atoms with Crippen LogP contribution in [0.4, 0.5) is 0 Å². The van der Waals surface area contributed by atoms with Crippen molar-refractivity contribution in [3.05, 3.63) is 24.3 Å². The van der Waals surface area contributed by atoms with E-state index < -0.39 is 26.5 Å². The van der Waals surface area contributed by atoms with E-state index in [1.807, 2.05) is 21.1 Å². The molecule has 0 spiro atoms. The molecule has 0 aliphatic heterocycles. The van der Waals surface area contributed by atoms with Crippen molar-refractivity contribution in [2.45, 2.75) is 258 Å². The maximum atomic E-state index is 12.8. The number of unbranched alkanes of at least 4 members (excludes halogenated alkanes) is 31. The van der Waals surface area contributed by atoms with Gasteiger partial charge in [0.05, 0.1) is 27.7 Å². The second-order valence-corrected chi connectivity index (χ2v) is 20.7. The Balaban J connectivity index is 4.10. The zero-order valence-corrected chi connectivity index (χ0v) is 43.0. The summed E-state index contributed by atoms with van der Waals surface area (Å²) in [5.41, 5.74) is 0. The van der Waals surface area contributed by atoms with Gasteiger partial charge in [0.25, 0.3) is 0 Å². The van der Waals surface area contributed by atoms with Crippen molar-refractivity contribution in [1.82, 2.24) is 0 Å². The zero-order valence-electron chi connectivity index (χ0n) is 42.1. The van der Waals surface area contributed by atoms with Gasteiger partial charge in [-0.15, -0.1) is 0 Å². The number of nitrogens with zero attached hydrogens (tertiary/aromatic N) is 1. The number of quaternary nitrogens is 1. The number of hydrogen-bond acceptors (Lipinski definition) is 7. The third kappa shape index (κ3) is 49.8. The Morgan fingerprint density at radius 1 is 0.492 bits per heavy atom. The second-order valence-electron chi connectivity index (χ2n) is 19.3. The van der Waals surface area contributed by atoms with Gasteiger partial charge >= 0.3 is 19.8 Å². The standard InChI is InChI=1S/C53H102NO8P/c1-6-8-10-12-14-16-18-20-21-22-23-24-25-26-27-28-29-30-31-32-33-34-36-38-40-42-44-46-53(56)62-51(50-61-63(57,58)60-48-47-54(3,4)5)49-59-52(55)45-43-41-39-37-35-19-17-15-13-11-9-7-2/h18,20,22-23,51H,6-17,19,21,24-50H2,1-5H3/p+1/b20-18-,23-22-. The normalized spacial score (nSPS) is 13.6. The Hall–Kier alpha value is -1.51. The lowest BCUT2D eigenvalue weighted by atomic mass is 10.0. The molecule has 0 aliphatic carbocycles. The quantitative estimate of drug-likeness (QED) is 0.0211. The number of allylic oxidation sites excluding steroid dienone is 4. The lowest BCUT2D eigenvalue weighted by Gasteiger charge is -2.24. The van der Waals surface area contributed by atoms with Gasteiger partial charge in [-0.05, 0) is 44.9 Å². The summed E-state index contributed by atoms with van der Waals surface area (Å²) >= 11 is 0. The number of phosphoric ester groups is 1. The maximum absolute atomic E-state index is 12.8. The van der Waals surface area contributed by atoms with Crippen LogP contribution in [-0.2, 0) is 32.7 Å². The van der Waals surface area contributed by atoms with E-state index in [1.54, 1.807) is 0 Å². The molecule has 10 heteroatoms. The molecule has 1 N–H and O–H groups in total. The summed E-state index contributed by atoms with van der Waals surface area (Å²) in [7, 11) is 1.49. The molecule has 2 atom stereocenters. The fourth-order valence-corrected chi connectivity index (χ4v) is 8.32. The summed E-state index contributed by atoms with van der Waals surface area (Å²) in [6.07, 6.45) is 52.4. The van der Waals surface area contributed by atoms with Gasteiger partial charge in [0.15, 0.2) is 6.10 Å². The first-order chi connectivity index (χ1) is 30.5. The van der Waals surface area contributed by atoms with E-state index in [-0.39, 0.29) is 25.6 Å². The molecule has 2 unspecified atom stereocenters. The highest BCUT2D eigenvalue weighted by molar-refractivity contribution is 7.47. The van der Waals surface area contributed by atoms with Crippen LogP contribution in [0.25, 0.3) is 0 Å². The molecule has 0 amide bonds. The summed E-state index contributed by atoms with van der Waals surface area (Å²) in [4.78, 5) is 35.5.